The molecule has 1 aromatic carbocycles. The summed E-state index contributed by atoms with van der Waals surface area (Å²) in [6, 6.07) is 6.58. The number of benzene rings is 1. The van der Waals surface area contributed by atoms with Crippen LogP contribution in [-0.2, 0) is 0 Å². The molecule has 88 valence electrons. The van der Waals surface area contributed by atoms with Crippen LogP contribution >= 0.6 is 34.8 Å². The third-order valence-corrected chi connectivity index (χ3v) is 2.81. The Bertz CT molecular complexity index is 540. The number of nitrogen functional groups attached to an aromatic ring is 1. The Balaban J connectivity index is 2.38. The molecular formula is C11H7Cl3N2O. The number of hydrogen-bond donors (Lipinski definition) is 1. The first-order valence-electron chi connectivity index (χ1n) is 4.61. The summed E-state index contributed by atoms with van der Waals surface area (Å²) >= 11 is 17.8. The van der Waals surface area contributed by atoms with Crippen LogP contribution in [-0.4, -0.2) is 4.98 Å². The second-order valence-corrected chi connectivity index (χ2v) is 4.43. The van der Waals surface area contributed by atoms with E-state index in [1.807, 2.05) is 0 Å². The van der Waals surface area contributed by atoms with E-state index in [0.717, 1.165) is 0 Å². The van der Waals surface area contributed by atoms with E-state index in [1.54, 1.807) is 18.2 Å². The average Bonchev–Trinajstić information content (AvgIpc) is 2.26. The van der Waals surface area contributed by atoms with Crippen LogP contribution in [0.3, 0.4) is 0 Å². The van der Waals surface area contributed by atoms with Crippen molar-refractivity contribution in [2.75, 3.05) is 5.73 Å². The number of halogens is 3. The molecule has 2 N–H and O–H groups in total. The van der Waals surface area contributed by atoms with Gasteiger partial charge in [-0.25, -0.2) is 4.98 Å². The highest BCUT2D eigenvalue weighted by molar-refractivity contribution is 6.37. The quantitative estimate of drug-likeness (QED) is 0.890. The van der Waals surface area contributed by atoms with E-state index in [9.17, 15) is 0 Å². The summed E-state index contributed by atoms with van der Waals surface area (Å²) in [6.45, 7) is 0. The van der Waals surface area contributed by atoms with Crippen LogP contribution in [0.25, 0.3) is 0 Å². The van der Waals surface area contributed by atoms with E-state index in [2.05, 4.69) is 4.98 Å². The molecule has 3 nitrogen and oxygen atoms in total. The van der Waals surface area contributed by atoms with Crippen molar-refractivity contribution in [3.05, 3.63) is 45.5 Å². The van der Waals surface area contributed by atoms with E-state index >= 15 is 0 Å². The molecule has 0 atom stereocenters. The van der Waals surface area contributed by atoms with Gasteiger partial charge in [0.05, 0.1) is 21.9 Å². The Morgan fingerprint density at radius 1 is 1.06 bits per heavy atom. The van der Waals surface area contributed by atoms with Gasteiger partial charge in [0, 0.05) is 0 Å². The van der Waals surface area contributed by atoms with Gasteiger partial charge in [0.15, 0.2) is 5.75 Å². The number of pyridine rings is 1. The Kier molecular flexibility index (Phi) is 3.62. The molecule has 1 aromatic heterocycles. The fourth-order valence-electron chi connectivity index (χ4n) is 1.19. The molecule has 0 bridgehead atoms. The highest BCUT2D eigenvalue weighted by atomic mass is 35.5. The summed E-state index contributed by atoms with van der Waals surface area (Å²) in [4.78, 5) is 3.96. The molecule has 0 unspecified atom stereocenters. The van der Waals surface area contributed by atoms with Crippen molar-refractivity contribution in [1.82, 2.24) is 4.98 Å². The first-order chi connectivity index (χ1) is 8.08. The highest BCUT2D eigenvalue weighted by Crippen LogP contribution is 2.37. The predicted octanol–water partition coefficient (Wildman–Crippen LogP) is 4.42. The minimum atomic E-state index is 0.205. The molecule has 0 fully saturated rings. The second-order valence-electron chi connectivity index (χ2n) is 3.21. The van der Waals surface area contributed by atoms with Crippen molar-refractivity contribution >= 4 is 40.5 Å². The molecule has 0 amide bonds. The third kappa shape index (κ3) is 2.75. The molecule has 0 aliphatic rings. The first kappa shape index (κ1) is 12.3. The number of ether oxygens (including phenoxy) is 1. The van der Waals surface area contributed by atoms with Gasteiger partial charge < -0.3 is 10.5 Å². The molecular weight excluding hydrogens is 282 g/mol. The summed E-state index contributed by atoms with van der Waals surface area (Å²) in [5.74, 6) is 0.519. The van der Waals surface area contributed by atoms with Crippen molar-refractivity contribution < 1.29 is 4.74 Å². The van der Waals surface area contributed by atoms with Crippen LogP contribution in [0.4, 0.5) is 5.69 Å². The minimum Gasteiger partial charge on any atom is -0.434 e. The molecule has 2 rings (SSSR count). The maximum atomic E-state index is 5.96. The van der Waals surface area contributed by atoms with Crippen LogP contribution in [0, 0.1) is 0 Å². The van der Waals surface area contributed by atoms with E-state index in [0.29, 0.717) is 26.5 Å². The zero-order valence-electron chi connectivity index (χ0n) is 8.45. The maximum absolute atomic E-state index is 5.96. The Morgan fingerprint density at radius 3 is 2.29 bits per heavy atom. The fraction of sp³-hybridized carbons (Fsp3) is 0. The maximum Gasteiger partial charge on any atom is 0.238 e. The van der Waals surface area contributed by atoms with Gasteiger partial charge in [0.2, 0.25) is 5.88 Å². The van der Waals surface area contributed by atoms with Gasteiger partial charge in [-0.1, -0.05) is 40.9 Å². The minimum absolute atomic E-state index is 0.205. The largest absolute Gasteiger partial charge is 0.434 e. The van der Waals surface area contributed by atoms with Crippen LogP contribution in [0.15, 0.2) is 30.5 Å². The molecule has 0 aliphatic heterocycles. The number of para-hydroxylation sites is 1. The summed E-state index contributed by atoms with van der Waals surface area (Å²) in [5, 5.41) is 1.06. The van der Waals surface area contributed by atoms with Crippen molar-refractivity contribution in [2.24, 2.45) is 0 Å². The van der Waals surface area contributed by atoms with E-state index < -0.39 is 0 Å². The number of hydrogen-bond acceptors (Lipinski definition) is 3. The van der Waals surface area contributed by atoms with Crippen LogP contribution in [0.5, 0.6) is 11.6 Å². The Morgan fingerprint density at radius 2 is 1.71 bits per heavy atom. The van der Waals surface area contributed by atoms with E-state index in [4.69, 9.17) is 45.3 Å². The molecule has 0 radical (unpaired) electrons. The molecule has 17 heavy (non-hydrogen) atoms. The lowest BCUT2D eigenvalue weighted by molar-refractivity contribution is 0.464. The van der Waals surface area contributed by atoms with E-state index in [1.165, 1.54) is 12.3 Å². The van der Waals surface area contributed by atoms with Crippen LogP contribution in [0.1, 0.15) is 0 Å². The average molecular weight is 290 g/mol. The van der Waals surface area contributed by atoms with Crippen molar-refractivity contribution in [3.63, 3.8) is 0 Å². The standard InChI is InChI=1S/C11H7Cl3N2O/c12-7-2-1-3-8(13)10(7)17-11-9(14)4-6(15)5-16-11/h1-5H,15H2. The van der Waals surface area contributed by atoms with Gasteiger partial charge >= 0.3 is 0 Å². The SMILES string of the molecule is Nc1cnc(Oc2c(Cl)cccc2Cl)c(Cl)c1. The molecule has 6 heteroatoms. The van der Waals surface area contributed by atoms with Gasteiger partial charge in [-0.3, -0.25) is 0 Å². The normalized spacial score (nSPS) is 10.3. The van der Waals surface area contributed by atoms with Crippen molar-refractivity contribution in [2.45, 2.75) is 0 Å². The smallest absolute Gasteiger partial charge is 0.238 e. The van der Waals surface area contributed by atoms with Gasteiger partial charge in [0.1, 0.15) is 5.02 Å². The Hall–Kier alpha value is -1.16. The third-order valence-electron chi connectivity index (χ3n) is 1.95. The molecule has 0 saturated heterocycles. The lowest BCUT2D eigenvalue weighted by Crippen LogP contribution is -1.93. The first-order valence-corrected chi connectivity index (χ1v) is 5.74. The second kappa shape index (κ2) is 5.00. The lowest BCUT2D eigenvalue weighted by Gasteiger charge is -2.09. The zero-order valence-corrected chi connectivity index (χ0v) is 10.7. The summed E-state index contributed by atoms with van der Waals surface area (Å²) in [5.41, 5.74) is 5.98. The molecule has 2 aromatic rings. The molecule has 0 aliphatic carbocycles. The highest BCUT2D eigenvalue weighted by Gasteiger charge is 2.11. The number of aromatic nitrogens is 1. The van der Waals surface area contributed by atoms with E-state index in [-0.39, 0.29) is 5.88 Å². The van der Waals surface area contributed by atoms with Crippen LogP contribution < -0.4 is 10.5 Å². The summed E-state index contributed by atoms with van der Waals surface area (Å²) < 4.78 is 5.46. The molecule has 0 saturated carbocycles. The van der Waals surface area contributed by atoms with Gasteiger partial charge in [0.25, 0.3) is 0 Å². The zero-order chi connectivity index (χ0) is 12.4. The molecule has 0 spiro atoms. The predicted molar refractivity (Wildman–Crippen MR) is 70.2 cm³/mol. The fourth-order valence-corrected chi connectivity index (χ4v) is 1.88. The number of nitrogens with two attached hydrogens (primary N) is 1. The Labute approximate surface area is 113 Å². The molecule has 1 heterocycles. The number of anilines is 1. The van der Waals surface area contributed by atoms with Gasteiger partial charge in [-0.2, -0.15) is 0 Å². The summed E-state index contributed by atoms with van der Waals surface area (Å²) in [6.07, 6.45) is 1.44. The topological polar surface area (TPSA) is 48.1 Å². The lowest BCUT2D eigenvalue weighted by atomic mass is 10.3. The summed E-state index contributed by atoms with van der Waals surface area (Å²) in [7, 11) is 0. The van der Waals surface area contributed by atoms with Gasteiger partial charge in [-0.05, 0) is 18.2 Å². The monoisotopic (exact) mass is 288 g/mol. The van der Waals surface area contributed by atoms with Crippen molar-refractivity contribution in [3.8, 4) is 11.6 Å². The van der Waals surface area contributed by atoms with Crippen LogP contribution in [0.2, 0.25) is 15.1 Å². The number of nitrogens with zero attached hydrogens (tertiary/aromatic N) is 1. The number of rotatable bonds is 2. The van der Waals surface area contributed by atoms with Crippen molar-refractivity contribution in [1.29, 1.82) is 0 Å². The van der Waals surface area contributed by atoms with Gasteiger partial charge in [-0.15, -0.1) is 0 Å².